The molecule has 1 aliphatic carbocycles. The summed E-state index contributed by atoms with van der Waals surface area (Å²) in [6.45, 7) is 4.37. The van der Waals surface area contributed by atoms with E-state index in [0.29, 0.717) is 12.1 Å². The Morgan fingerprint density at radius 3 is 2.67 bits per heavy atom. The van der Waals surface area contributed by atoms with Crippen molar-refractivity contribution in [2.75, 3.05) is 7.05 Å². The maximum absolute atomic E-state index is 4.49. The van der Waals surface area contributed by atoms with Gasteiger partial charge in [-0.3, -0.25) is 4.68 Å². The molecule has 1 aromatic rings. The van der Waals surface area contributed by atoms with Crippen molar-refractivity contribution in [1.82, 2.24) is 15.1 Å². The molecule has 2 rings (SSSR count). The molecule has 0 bridgehead atoms. The predicted molar refractivity (Wildman–Crippen MR) is 78.7 cm³/mol. The molecule has 1 fully saturated rings. The van der Waals surface area contributed by atoms with Crippen LogP contribution in [0.1, 0.15) is 63.7 Å². The second kappa shape index (κ2) is 6.20. The van der Waals surface area contributed by atoms with Crippen molar-refractivity contribution in [3.05, 3.63) is 16.4 Å². The maximum Gasteiger partial charge on any atom is 0.0698 e. The third-order valence-electron chi connectivity index (χ3n) is 4.00. The molecule has 1 aliphatic rings. The van der Waals surface area contributed by atoms with Gasteiger partial charge in [-0.1, -0.05) is 25.7 Å². The summed E-state index contributed by atoms with van der Waals surface area (Å²) in [5.74, 6) is 0.880. The molecule has 0 amide bonds. The van der Waals surface area contributed by atoms with E-state index in [1.165, 1.54) is 37.8 Å². The highest BCUT2D eigenvalue weighted by molar-refractivity contribution is 9.10. The molecule has 102 valence electrons. The zero-order valence-corrected chi connectivity index (χ0v) is 13.2. The Bertz CT molecular complexity index is 380. The van der Waals surface area contributed by atoms with Gasteiger partial charge in [-0.25, -0.2) is 0 Å². The molecular formula is C14H24BrN3. The fourth-order valence-corrected chi connectivity index (χ4v) is 3.58. The number of nitrogens with one attached hydrogen (secondary N) is 1. The summed E-state index contributed by atoms with van der Waals surface area (Å²) in [5.41, 5.74) is 1.31. The van der Waals surface area contributed by atoms with E-state index in [-0.39, 0.29) is 0 Å². The second-order valence-electron chi connectivity index (χ2n) is 5.64. The molecular weight excluding hydrogens is 290 g/mol. The van der Waals surface area contributed by atoms with Gasteiger partial charge in [-0.15, -0.1) is 0 Å². The molecule has 0 spiro atoms. The summed E-state index contributed by atoms with van der Waals surface area (Å²) in [6, 6.07) is 0.818. The van der Waals surface area contributed by atoms with E-state index in [0.717, 1.165) is 10.4 Å². The van der Waals surface area contributed by atoms with Crippen LogP contribution >= 0.6 is 15.9 Å². The van der Waals surface area contributed by atoms with E-state index in [9.17, 15) is 0 Å². The van der Waals surface area contributed by atoms with Crippen LogP contribution < -0.4 is 5.32 Å². The Balaban J connectivity index is 2.17. The van der Waals surface area contributed by atoms with Crippen LogP contribution in [0, 0.1) is 5.92 Å². The van der Waals surface area contributed by atoms with Crippen molar-refractivity contribution < 1.29 is 0 Å². The normalized spacial score (nSPS) is 18.7. The molecule has 0 saturated heterocycles. The van der Waals surface area contributed by atoms with Crippen LogP contribution in [0.5, 0.6) is 0 Å². The van der Waals surface area contributed by atoms with Crippen LogP contribution in [0.2, 0.25) is 0 Å². The van der Waals surface area contributed by atoms with Crippen molar-refractivity contribution in [1.29, 1.82) is 0 Å². The number of halogens is 1. The lowest BCUT2D eigenvalue weighted by Crippen LogP contribution is -2.23. The lowest BCUT2D eigenvalue weighted by Gasteiger charge is -2.23. The van der Waals surface area contributed by atoms with Gasteiger partial charge in [-0.2, -0.15) is 5.10 Å². The zero-order chi connectivity index (χ0) is 13.1. The second-order valence-corrected chi connectivity index (χ2v) is 6.50. The lowest BCUT2D eigenvalue weighted by atomic mass is 9.96. The minimum Gasteiger partial charge on any atom is -0.312 e. The summed E-state index contributed by atoms with van der Waals surface area (Å²) in [4.78, 5) is 0. The summed E-state index contributed by atoms with van der Waals surface area (Å²) in [5, 5.41) is 7.97. The largest absolute Gasteiger partial charge is 0.312 e. The standard InChI is InChI=1S/C14H24BrN3/c1-10(2)18-14(12(15)9-17-18)13(16-3)8-11-6-4-5-7-11/h9-11,13,16H,4-8H2,1-3H3. The minimum absolute atomic E-state index is 0.408. The molecule has 1 aromatic heterocycles. The highest BCUT2D eigenvalue weighted by Crippen LogP contribution is 2.35. The van der Waals surface area contributed by atoms with E-state index >= 15 is 0 Å². The minimum atomic E-state index is 0.408. The molecule has 1 atom stereocenters. The SMILES string of the molecule is CNC(CC1CCCC1)c1c(Br)cnn1C(C)C. The quantitative estimate of drug-likeness (QED) is 0.888. The number of hydrogen-bond acceptors (Lipinski definition) is 2. The summed E-state index contributed by atoms with van der Waals surface area (Å²) in [6.07, 6.45) is 8.76. The first-order valence-electron chi connectivity index (χ1n) is 7.03. The molecule has 0 aliphatic heterocycles. The van der Waals surface area contributed by atoms with Gasteiger partial charge in [0.15, 0.2) is 0 Å². The smallest absolute Gasteiger partial charge is 0.0698 e. The van der Waals surface area contributed by atoms with E-state index in [2.05, 4.69) is 51.9 Å². The van der Waals surface area contributed by atoms with E-state index in [1.807, 2.05) is 6.20 Å². The van der Waals surface area contributed by atoms with Gasteiger partial charge in [0, 0.05) is 6.04 Å². The molecule has 1 unspecified atom stereocenters. The van der Waals surface area contributed by atoms with Gasteiger partial charge < -0.3 is 5.32 Å². The predicted octanol–water partition coefficient (Wildman–Crippen LogP) is 4.07. The monoisotopic (exact) mass is 313 g/mol. The number of aromatic nitrogens is 2. The third-order valence-corrected chi connectivity index (χ3v) is 4.61. The van der Waals surface area contributed by atoms with Gasteiger partial charge in [0.2, 0.25) is 0 Å². The van der Waals surface area contributed by atoms with Gasteiger partial charge >= 0.3 is 0 Å². The molecule has 18 heavy (non-hydrogen) atoms. The average molecular weight is 314 g/mol. The van der Waals surface area contributed by atoms with Gasteiger partial charge in [0.1, 0.15) is 0 Å². The third kappa shape index (κ3) is 2.97. The van der Waals surface area contributed by atoms with E-state index in [1.54, 1.807) is 0 Å². The molecule has 3 nitrogen and oxygen atoms in total. The molecule has 1 saturated carbocycles. The Kier molecular flexibility index (Phi) is 4.84. The molecule has 1 N–H and O–H groups in total. The highest BCUT2D eigenvalue weighted by Gasteiger charge is 2.25. The molecule has 1 heterocycles. The maximum atomic E-state index is 4.49. The van der Waals surface area contributed by atoms with Crippen molar-refractivity contribution in [3.63, 3.8) is 0 Å². The van der Waals surface area contributed by atoms with Crippen LogP contribution in [0.4, 0.5) is 0 Å². The van der Waals surface area contributed by atoms with Crippen LogP contribution in [-0.2, 0) is 0 Å². The first-order valence-corrected chi connectivity index (χ1v) is 7.83. The fourth-order valence-electron chi connectivity index (χ4n) is 3.03. The average Bonchev–Trinajstić information content (AvgIpc) is 2.95. The van der Waals surface area contributed by atoms with Crippen molar-refractivity contribution in [3.8, 4) is 0 Å². The first kappa shape index (κ1) is 14.1. The summed E-state index contributed by atoms with van der Waals surface area (Å²) in [7, 11) is 2.06. The Labute approximate surface area is 118 Å². The van der Waals surface area contributed by atoms with Gasteiger partial charge in [0.05, 0.1) is 22.4 Å². The van der Waals surface area contributed by atoms with Gasteiger partial charge in [-0.05, 0) is 49.2 Å². The topological polar surface area (TPSA) is 29.9 Å². The van der Waals surface area contributed by atoms with Crippen LogP contribution in [0.25, 0.3) is 0 Å². The van der Waals surface area contributed by atoms with Crippen molar-refractivity contribution in [2.24, 2.45) is 5.92 Å². The van der Waals surface area contributed by atoms with Gasteiger partial charge in [0.25, 0.3) is 0 Å². The highest BCUT2D eigenvalue weighted by atomic mass is 79.9. The Morgan fingerprint density at radius 1 is 1.44 bits per heavy atom. The number of hydrogen-bond donors (Lipinski definition) is 1. The number of nitrogens with zero attached hydrogens (tertiary/aromatic N) is 2. The van der Waals surface area contributed by atoms with Crippen molar-refractivity contribution >= 4 is 15.9 Å². The lowest BCUT2D eigenvalue weighted by molar-refractivity contribution is 0.380. The van der Waals surface area contributed by atoms with Crippen LogP contribution in [0.3, 0.4) is 0 Å². The summed E-state index contributed by atoms with van der Waals surface area (Å²) < 4.78 is 3.27. The zero-order valence-electron chi connectivity index (χ0n) is 11.6. The van der Waals surface area contributed by atoms with E-state index in [4.69, 9.17) is 0 Å². The van der Waals surface area contributed by atoms with Crippen LogP contribution in [-0.4, -0.2) is 16.8 Å². The fraction of sp³-hybridized carbons (Fsp3) is 0.786. The molecule has 4 heteroatoms. The first-order chi connectivity index (χ1) is 8.63. The Hall–Kier alpha value is -0.350. The van der Waals surface area contributed by atoms with Crippen LogP contribution in [0.15, 0.2) is 10.7 Å². The molecule has 0 radical (unpaired) electrons. The van der Waals surface area contributed by atoms with E-state index < -0.39 is 0 Å². The Morgan fingerprint density at radius 2 is 2.11 bits per heavy atom. The summed E-state index contributed by atoms with van der Waals surface area (Å²) >= 11 is 3.65. The van der Waals surface area contributed by atoms with Crippen molar-refractivity contribution in [2.45, 2.75) is 58.0 Å². The molecule has 0 aromatic carbocycles. The number of rotatable bonds is 5.